The van der Waals surface area contributed by atoms with E-state index in [1.807, 2.05) is 0 Å². The first-order valence-corrected chi connectivity index (χ1v) is 9.95. The maximum Gasteiger partial charge on any atom is 0.223 e. The van der Waals surface area contributed by atoms with E-state index in [-0.39, 0.29) is 0 Å². The molecule has 0 aromatic carbocycles. The number of ether oxygens (including phenoxy) is 1. The fraction of sp³-hybridized carbons (Fsp3) is 0.947. The molecule has 0 aromatic heterocycles. The summed E-state index contributed by atoms with van der Waals surface area (Å²) in [6.07, 6.45) is 13.4. The molecule has 3 aliphatic heterocycles. The monoisotopic (exact) mass is 320 g/mol. The van der Waals surface area contributed by atoms with Gasteiger partial charge in [-0.1, -0.05) is 12.8 Å². The predicted molar refractivity (Wildman–Crippen MR) is 90.2 cm³/mol. The first-order valence-electron chi connectivity index (χ1n) is 9.95. The standard InChI is InChI=1S/C19H32N2O2/c22-19(12-14-10-15-7-8-16(11-14)20-15)21(17-4-1-2-5-17)13-18-6-3-9-23-18/h14-18,20H,1-13H2. The zero-order valence-corrected chi connectivity index (χ0v) is 14.3. The van der Waals surface area contributed by atoms with Gasteiger partial charge in [0.2, 0.25) is 5.91 Å². The van der Waals surface area contributed by atoms with Crippen molar-refractivity contribution >= 4 is 5.91 Å². The van der Waals surface area contributed by atoms with Gasteiger partial charge < -0.3 is 15.0 Å². The summed E-state index contributed by atoms with van der Waals surface area (Å²) in [6, 6.07) is 1.86. The molecule has 3 saturated heterocycles. The highest BCUT2D eigenvalue weighted by Gasteiger charge is 2.36. The lowest BCUT2D eigenvalue weighted by Gasteiger charge is -2.34. The molecular formula is C19H32N2O2. The van der Waals surface area contributed by atoms with Gasteiger partial charge in [-0.3, -0.25) is 4.79 Å². The molecule has 1 N–H and O–H groups in total. The Labute approximate surface area is 140 Å². The lowest BCUT2D eigenvalue weighted by molar-refractivity contribution is -0.136. The van der Waals surface area contributed by atoms with Crippen LogP contribution >= 0.6 is 0 Å². The number of piperidine rings is 1. The molecule has 4 rings (SSSR count). The zero-order chi connectivity index (χ0) is 15.6. The normalized spacial score (nSPS) is 37.4. The Balaban J connectivity index is 1.37. The van der Waals surface area contributed by atoms with E-state index in [4.69, 9.17) is 4.74 Å². The van der Waals surface area contributed by atoms with E-state index in [1.54, 1.807) is 0 Å². The maximum atomic E-state index is 13.1. The minimum absolute atomic E-state index is 0.295. The minimum Gasteiger partial charge on any atom is -0.376 e. The van der Waals surface area contributed by atoms with Crippen LogP contribution < -0.4 is 5.32 Å². The van der Waals surface area contributed by atoms with Gasteiger partial charge in [0.1, 0.15) is 0 Å². The second kappa shape index (κ2) is 7.10. The van der Waals surface area contributed by atoms with Crippen LogP contribution in [-0.4, -0.2) is 48.2 Å². The maximum absolute atomic E-state index is 13.1. The summed E-state index contributed by atoms with van der Waals surface area (Å²) >= 11 is 0. The van der Waals surface area contributed by atoms with Crippen LogP contribution in [0.1, 0.15) is 70.6 Å². The highest BCUT2D eigenvalue weighted by Crippen LogP contribution is 2.34. The van der Waals surface area contributed by atoms with E-state index in [1.165, 1.54) is 51.4 Å². The molecule has 23 heavy (non-hydrogen) atoms. The average Bonchev–Trinajstić information content (AvgIpc) is 3.27. The number of nitrogens with one attached hydrogen (secondary N) is 1. The molecule has 0 aromatic rings. The minimum atomic E-state index is 0.295. The highest BCUT2D eigenvalue weighted by molar-refractivity contribution is 5.77. The van der Waals surface area contributed by atoms with Gasteiger partial charge in [0.25, 0.3) is 0 Å². The van der Waals surface area contributed by atoms with Gasteiger partial charge in [0.15, 0.2) is 0 Å². The Bertz CT molecular complexity index is 404. The molecule has 4 aliphatic rings. The van der Waals surface area contributed by atoms with Crippen molar-refractivity contribution in [3.63, 3.8) is 0 Å². The molecule has 1 aliphatic carbocycles. The van der Waals surface area contributed by atoms with Crippen molar-refractivity contribution in [2.75, 3.05) is 13.2 Å². The second-order valence-electron chi connectivity index (χ2n) is 8.30. The summed E-state index contributed by atoms with van der Waals surface area (Å²) in [7, 11) is 0. The SMILES string of the molecule is O=C(CC1CC2CCC(C1)N2)N(CC1CCCO1)C1CCCC1. The lowest BCUT2D eigenvalue weighted by Crippen LogP contribution is -2.45. The first kappa shape index (κ1) is 15.9. The fourth-order valence-electron chi connectivity index (χ4n) is 5.38. The van der Waals surface area contributed by atoms with Gasteiger partial charge in [-0.25, -0.2) is 0 Å². The highest BCUT2D eigenvalue weighted by atomic mass is 16.5. The van der Waals surface area contributed by atoms with E-state index < -0.39 is 0 Å². The molecule has 4 fully saturated rings. The van der Waals surface area contributed by atoms with Crippen LogP contribution in [0.5, 0.6) is 0 Å². The van der Waals surface area contributed by atoms with Crippen LogP contribution in [0.3, 0.4) is 0 Å². The van der Waals surface area contributed by atoms with Gasteiger partial charge in [-0.05, 0) is 57.3 Å². The summed E-state index contributed by atoms with van der Waals surface area (Å²) in [5, 5.41) is 3.69. The molecule has 4 nitrogen and oxygen atoms in total. The Morgan fingerprint density at radius 2 is 1.74 bits per heavy atom. The quantitative estimate of drug-likeness (QED) is 0.847. The Morgan fingerprint density at radius 1 is 1.00 bits per heavy atom. The molecule has 130 valence electrons. The number of nitrogens with zero attached hydrogens (tertiary/aromatic N) is 1. The van der Waals surface area contributed by atoms with Crippen molar-refractivity contribution < 1.29 is 9.53 Å². The first-order chi connectivity index (χ1) is 11.3. The summed E-state index contributed by atoms with van der Waals surface area (Å²) in [5.41, 5.74) is 0. The molecule has 1 amide bonds. The van der Waals surface area contributed by atoms with Gasteiger partial charge in [-0.15, -0.1) is 0 Å². The van der Waals surface area contributed by atoms with Crippen molar-refractivity contribution in [1.82, 2.24) is 10.2 Å². The van der Waals surface area contributed by atoms with Gasteiger partial charge in [0.05, 0.1) is 6.10 Å². The van der Waals surface area contributed by atoms with E-state index in [9.17, 15) is 4.79 Å². The third-order valence-electron chi connectivity index (χ3n) is 6.54. The smallest absolute Gasteiger partial charge is 0.223 e. The summed E-state index contributed by atoms with van der Waals surface area (Å²) in [5.74, 6) is 1.02. The van der Waals surface area contributed by atoms with Crippen molar-refractivity contribution in [1.29, 1.82) is 0 Å². The largest absolute Gasteiger partial charge is 0.376 e. The van der Waals surface area contributed by atoms with Crippen LogP contribution in [-0.2, 0) is 9.53 Å². The van der Waals surface area contributed by atoms with Gasteiger partial charge >= 0.3 is 0 Å². The molecule has 4 heteroatoms. The zero-order valence-electron chi connectivity index (χ0n) is 14.3. The number of hydrogen-bond donors (Lipinski definition) is 1. The Kier molecular flexibility index (Phi) is 4.91. The summed E-state index contributed by atoms with van der Waals surface area (Å²) in [4.78, 5) is 15.3. The molecule has 1 saturated carbocycles. The lowest BCUT2D eigenvalue weighted by atomic mass is 9.89. The topological polar surface area (TPSA) is 41.6 Å². The van der Waals surface area contributed by atoms with E-state index >= 15 is 0 Å². The van der Waals surface area contributed by atoms with Crippen LogP contribution in [0.15, 0.2) is 0 Å². The number of rotatable bonds is 5. The molecule has 2 bridgehead atoms. The van der Waals surface area contributed by atoms with E-state index in [2.05, 4.69) is 10.2 Å². The Hall–Kier alpha value is -0.610. The van der Waals surface area contributed by atoms with Gasteiger partial charge in [-0.2, -0.15) is 0 Å². The van der Waals surface area contributed by atoms with E-state index in [0.717, 1.165) is 32.4 Å². The fourth-order valence-corrected chi connectivity index (χ4v) is 5.38. The number of hydrogen-bond acceptors (Lipinski definition) is 3. The second-order valence-corrected chi connectivity index (χ2v) is 8.30. The number of carbonyl (C=O) groups excluding carboxylic acids is 1. The molecular weight excluding hydrogens is 288 g/mol. The summed E-state index contributed by atoms with van der Waals surface area (Å²) in [6.45, 7) is 1.73. The van der Waals surface area contributed by atoms with Crippen LogP contribution in [0.4, 0.5) is 0 Å². The van der Waals surface area contributed by atoms with Crippen LogP contribution in [0.2, 0.25) is 0 Å². The molecule has 0 radical (unpaired) electrons. The number of fused-ring (bicyclic) bond motifs is 2. The summed E-state index contributed by atoms with van der Waals surface area (Å²) < 4.78 is 5.82. The van der Waals surface area contributed by atoms with Crippen molar-refractivity contribution in [3.8, 4) is 0 Å². The number of carbonyl (C=O) groups is 1. The molecule has 3 unspecified atom stereocenters. The van der Waals surface area contributed by atoms with Crippen molar-refractivity contribution in [2.24, 2.45) is 5.92 Å². The molecule has 3 atom stereocenters. The average molecular weight is 320 g/mol. The van der Waals surface area contributed by atoms with Crippen LogP contribution in [0.25, 0.3) is 0 Å². The van der Waals surface area contributed by atoms with Crippen molar-refractivity contribution in [2.45, 2.75) is 94.9 Å². The van der Waals surface area contributed by atoms with Crippen LogP contribution in [0, 0.1) is 5.92 Å². The molecule has 3 heterocycles. The number of amides is 1. The van der Waals surface area contributed by atoms with Crippen molar-refractivity contribution in [3.05, 3.63) is 0 Å². The Morgan fingerprint density at radius 3 is 2.39 bits per heavy atom. The third-order valence-corrected chi connectivity index (χ3v) is 6.54. The van der Waals surface area contributed by atoms with Gasteiger partial charge in [0, 0.05) is 37.7 Å². The predicted octanol–water partition coefficient (Wildman–Crippen LogP) is 2.86. The molecule has 0 spiro atoms. The van der Waals surface area contributed by atoms with E-state index in [0.29, 0.717) is 36.1 Å². The third kappa shape index (κ3) is 3.74.